The quantitative estimate of drug-likeness (QED) is 0.615. The molecule has 0 saturated heterocycles. The SMILES string of the molecule is Cc1cc(C#CCCCl)ccc1OCCc1ccccn1. The average molecular weight is 300 g/mol. The fourth-order valence-electron chi connectivity index (χ4n) is 1.91. The van der Waals surface area contributed by atoms with Crippen LogP contribution in [0.25, 0.3) is 0 Å². The number of halogens is 1. The Morgan fingerprint density at radius 1 is 1.24 bits per heavy atom. The van der Waals surface area contributed by atoms with E-state index in [0.29, 0.717) is 18.9 Å². The minimum absolute atomic E-state index is 0.570. The second-order valence-electron chi connectivity index (χ2n) is 4.64. The minimum atomic E-state index is 0.570. The molecule has 1 aromatic heterocycles. The predicted molar refractivity (Wildman–Crippen MR) is 86.8 cm³/mol. The van der Waals surface area contributed by atoms with Crippen molar-refractivity contribution in [2.24, 2.45) is 0 Å². The van der Waals surface area contributed by atoms with Crippen molar-refractivity contribution < 1.29 is 4.74 Å². The summed E-state index contributed by atoms with van der Waals surface area (Å²) in [6.45, 7) is 2.65. The molecule has 0 bridgehead atoms. The molecule has 2 rings (SSSR count). The highest BCUT2D eigenvalue weighted by Gasteiger charge is 2.01. The Balaban J connectivity index is 1.91. The van der Waals surface area contributed by atoms with Crippen LogP contribution < -0.4 is 4.74 Å². The summed E-state index contributed by atoms with van der Waals surface area (Å²) in [5.41, 5.74) is 3.13. The fourth-order valence-corrected chi connectivity index (χ4v) is 2.01. The van der Waals surface area contributed by atoms with Crippen LogP contribution in [0.4, 0.5) is 0 Å². The molecule has 2 aromatic rings. The highest BCUT2D eigenvalue weighted by molar-refractivity contribution is 6.18. The molecule has 1 aromatic carbocycles. The number of ether oxygens (including phenoxy) is 1. The maximum atomic E-state index is 5.81. The van der Waals surface area contributed by atoms with E-state index in [1.165, 1.54) is 0 Å². The van der Waals surface area contributed by atoms with Crippen molar-refractivity contribution in [3.05, 3.63) is 59.4 Å². The Kier molecular flexibility index (Phi) is 6.12. The first-order valence-electron chi connectivity index (χ1n) is 6.98. The summed E-state index contributed by atoms with van der Waals surface area (Å²) in [6, 6.07) is 11.9. The molecule has 1 heterocycles. The molecular weight excluding hydrogens is 282 g/mol. The molecule has 108 valence electrons. The Morgan fingerprint density at radius 3 is 2.86 bits per heavy atom. The van der Waals surface area contributed by atoms with Gasteiger partial charge in [-0.05, 0) is 42.8 Å². The summed E-state index contributed by atoms with van der Waals surface area (Å²) in [5.74, 6) is 7.59. The zero-order valence-corrected chi connectivity index (χ0v) is 12.9. The monoisotopic (exact) mass is 299 g/mol. The van der Waals surface area contributed by atoms with Crippen LogP contribution in [0.5, 0.6) is 5.75 Å². The fraction of sp³-hybridized carbons (Fsp3) is 0.278. The summed E-state index contributed by atoms with van der Waals surface area (Å²) >= 11 is 5.60. The van der Waals surface area contributed by atoms with Gasteiger partial charge in [0.15, 0.2) is 0 Å². The third-order valence-corrected chi connectivity index (χ3v) is 3.16. The van der Waals surface area contributed by atoms with Crippen molar-refractivity contribution >= 4 is 11.6 Å². The van der Waals surface area contributed by atoms with Gasteiger partial charge in [-0.25, -0.2) is 0 Å². The van der Waals surface area contributed by atoms with Gasteiger partial charge < -0.3 is 4.74 Å². The number of rotatable bonds is 5. The van der Waals surface area contributed by atoms with Gasteiger partial charge >= 0.3 is 0 Å². The zero-order valence-electron chi connectivity index (χ0n) is 12.1. The van der Waals surface area contributed by atoms with E-state index in [1.807, 2.05) is 43.3 Å². The van der Waals surface area contributed by atoms with E-state index in [1.54, 1.807) is 6.20 Å². The standard InChI is InChI=1S/C18H18ClNO/c1-15-14-16(6-2-4-11-19)8-9-18(15)21-13-10-17-7-3-5-12-20-17/h3,5,7-9,12,14H,4,10-11,13H2,1H3. The molecule has 0 N–H and O–H groups in total. The summed E-state index contributed by atoms with van der Waals surface area (Å²) in [6.07, 6.45) is 3.31. The van der Waals surface area contributed by atoms with E-state index < -0.39 is 0 Å². The van der Waals surface area contributed by atoms with Gasteiger partial charge in [-0.3, -0.25) is 4.98 Å². The first-order chi connectivity index (χ1) is 10.3. The highest BCUT2D eigenvalue weighted by Crippen LogP contribution is 2.19. The summed E-state index contributed by atoms with van der Waals surface area (Å²) in [7, 11) is 0. The largest absolute Gasteiger partial charge is 0.493 e. The lowest BCUT2D eigenvalue weighted by Crippen LogP contribution is -2.03. The van der Waals surface area contributed by atoms with Crippen LogP contribution in [0.3, 0.4) is 0 Å². The molecule has 0 fully saturated rings. The van der Waals surface area contributed by atoms with Crippen molar-refractivity contribution in [3.8, 4) is 17.6 Å². The number of nitrogens with zero attached hydrogens (tertiary/aromatic N) is 1. The summed E-state index contributed by atoms with van der Waals surface area (Å²) < 4.78 is 5.81. The topological polar surface area (TPSA) is 22.1 Å². The Morgan fingerprint density at radius 2 is 2.14 bits per heavy atom. The first-order valence-corrected chi connectivity index (χ1v) is 7.51. The van der Waals surface area contributed by atoms with Gasteiger partial charge in [0, 0.05) is 36.2 Å². The molecule has 21 heavy (non-hydrogen) atoms. The molecule has 0 aliphatic rings. The second kappa shape index (κ2) is 8.34. The number of aromatic nitrogens is 1. The number of alkyl halides is 1. The van der Waals surface area contributed by atoms with Crippen LogP contribution in [0.2, 0.25) is 0 Å². The highest BCUT2D eigenvalue weighted by atomic mass is 35.5. The van der Waals surface area contributed by atoms with Crippen molar-refractivity contribution in [1.29, 1.82) is 0 Å². The van der Waals surface area contributed by atoms with Crippen LogP contribution in [-0.2, 0) is 6.42 Å². The Labute approximate surface area is 131 Å². The van der Waals surface area contributed by atoms with Gasteiger partial charge in [-0.1, -0.05) is 17.9 Å². The van der Waals surface area contributed by atoms with E-state index in [9.17, 15) is 0 Å². The van der Waals surface area contributed by atoms with E-state index in [-0.39, 0.29) is 0 Å². The molecule has 0 aliphatic heterocycles. The molecule has 0 amide bonds. The normalized spacial score (nSPS) is 9.81. The molecule has 2 nitrogen and oxygen atoms in total. The van der Waals surface area contributed by atoms with E-state index >= 15 is 0 Å². The lowest BCUT2D eigenvalue weighted by Gasteiger charge is -2.09. The molecule has 0 spiro atoms. The maximum Gasteiger partial charge on any atom is 0.122 e. The molecule has 0 saturated carbocycles. The third-order valence-electron chi connectivity index (χ3n) is 2.97. The first kappa shape index (κ1) is 15.4. The van der Waals surface area contributed by atoms with Gasteiger partial charge in [0.2, 0.25) is 0 Å². The van der Waals surface area contributed by atoms with Crippen LogP contribution in [0, 0.1) is 18.8 Å². The number of pyridine rings is 1. The lowest BCUT2D eigenvalue weighted by molar-refractivity contribution is 0.318. The van der Waals surface area contributed by atoms with Crippen LogP contribution in [0.1, 0.15) is 23.2 Å². The molecule has 0 aliphatic carbocycles. The Hall–Kier alpha value is -1.98. The van der Waals surface area contributed by atoms with Gasteiger partial charge in [-0.15, -0.1) is 11.6 Å². The van der Waals surface area contributed by atoms with E-state index in [4.69, 9.17) is 16.3 Å². The second-order valence-corrected chi connectivity index (χ2v) is 5.02. The molecular formula is C18H18ClNO. The molecule has 0 atom stereocenters. The summed E-state index contributed by atoms with van der Waals surface area (Å²) in [5, 5.41) is 0. The van der Waals surface area contributed by atoms with Crippen molar-refractivity contribution in [3.63, 3.8) is 0 Å². The predicted octanol–water partition coefficient (Wildman–Crippen LogP) is 3.99. The van der Waals surface area contributed by atoms with Gasteiger partial charge in [0.1, 0.15) is 5.75 Å². The Bertz CT molecular complexity index is 629. The van der Waals surface area contributed by atoms with Gasteiger partial charge in [-0.2, -0.15) is 0 Å². The zero-order chi connectivity index (χ0) is 14.9. The maximum absolute atomic E-state index is 5.81. The van der Waals surface area contributed by atoms with Crippen LogP contribution in [-0.4, -0.2) is 17.5 Å². The number of hydrogen-bond donors (Lipinski definition) is 0. The third kappa shape index (κ3) is 5.13. The number of aryl methyl sites for hydroxylation is 1. The summed E-state index contributed by atoms with van der Waals surface area (Å²) in [4.78, 5) is 4.28. The minimum Gasteiger partial charge on any atom is -0.493 e. The number of benzene rings is 1. The van der Waals surface area contributed by atoms with Gasteiger partial charge in [0.05, 0.1) is 6.61 Å². The van der Waals surface area contributed by atoms with Gasteiger partial charge in [0.25, 0.3) is 0 Å². The smallest absolute Gasteiger partial charge is 0.122 e. The number of hydrogen-bond acceptors (Lipinski definition) is 2. The lowest BCUT2D eigenvalue weighted by atomic mass is 10.1. The average Bonchev–Trinajstić information content (AvgIpc) is 2.51. The molecule has 0 unspecified atom stereocenters. The van der Waals surface area contributed by atoms with E-state index in [0.717, 1.165) is 29.0 Å². The van der Waals surface area contributed by atoms with Crippen molar-refractivity contribution in [2.45, 2.75) is 19.8 Å². The van der Waals surface area contributed by atoms with E-state index in [2.05, 4.69) is 16.8 Å². The van der Waals surface area contributed by atoms with Crippen molar-refractivity contribution in [2.75, 3.05) is 12.5 Å². The van der Waals surface area contributed by atoms with Crippen LogP contribution in [0.15, 0.2) is 42.6 Å². The molecule has 0 radical (unpaired) electrons. The van der Waals surface area contributed by atoms with Crippen LogP contribution >= 0.6 is 11.6 Å². The molecule has 3 heteroatoms. The van der Waals surface area contributed by atoms with Crippen molar-refractivity contribution in [1.82, 2.24) is 4.98 Å².